The van der Waals surface area contributed by atoms with Crippen molar-refractivity contribution in [2.24, 2.45) is 0 Å². The van der Waals surface area contributed by atoms with Gasteiger partial charge in [0.2, 0.25) is 0 Å². The fraction of sp³-hybridized carbons (Fsp3) is 0.231. The Hall–Kier alpha value is -1.37. The SMILES string of the molecule is C=CCN(Cc1ccc(Cl)s1)C(=O)c1sc(N)nc1C. The maximum absolute atomic E-state index is 12.5. The molecule has 4 nitrogen and oxygen atoms in total. The molecule has 0 bridgehead atoms. The summed E-state index contributed by atoms with van der Waals surface area (Å²) in [6.07, 6.45) is 1.70. The second-order valence-electron chi connectivity index (χ2n) is 4.15. The van der Waals surface area contributed by atoms with E-state index in [1.165, 1.54) is 22.7 Å². The van der Waals surface area contributed by atoms with Gasteiger partial charge in [-0.15, -0.1) is 17.9 Å². The molecule has 2 aromatic rings. The third kappa shape index (κ3) is 3.39. The van der Waals surface area contributed by atoms with E-state index in [2.05, 4.69) is 11.6 Å². The molecule has 0 aromatic carbocycles. The third-order valence-corrected chi connectivity index (χ3v) is 4.81. The van der Waals surface area contributed by atoms with E-state index in [-0.39, 0.29) is 5.91 Å². The second-order valence-corrected chi connectivity index (χ2v) is 6.98. The van der Waals surface area contributed by atoms with Crippen LogP contribution in [0.4, 0.5) is 5.13 Å². The van der Waals surface area contributed by atoms with Crippen LogP contribution in [0, 0.1) is 6.92 Å². The molecule has 0 fully saturated rings. The number of nitrogens with zero attached hydrogens (tertiary/aromatic N) is 2. The number of thiazole rings is 1. The Kier molecular flexibility index (Phi) is 4.80. The Morgan fingerprint density at radius 1 is 1.55 bits per heavy atom. The van der Waals surface area contributed by atoms with Crippen molar-refractivity contribution >= 4 is 45.3 Å². The van der Waals surface area contributed by atoms with Gasteiger partial charge in [-0.2, -0.15) is 0 Å². The van der Waals surface area contributed by atoms with Gasteiger partial charge >= 0.3 is 0 Å². The summed E-state index contributed by atoms with van der Waals surface area (Å²) in [6, 6.07) is 3.75. The number of aromatic nitrogens is 1. The van der Waals surface area contributed by atoms with E-state index in [1.807, 2.05) is 12.1 Å². The predicted molar refractivity (Wildman–Crippen MR) is 85.5 cm³/mol. The number of nitrogens with two attached hydrogens (primary N) is 1. The summed E-state index contributed by atoms with van der Waals surface area (Å²) >= 11 is 8.59. The number of rotatable bonds is 5. The summed E-state index contributed by atoms with van der Waals surface area (Å²) in [6.45, 7) is 6.45. The fourth-order valence-corrected chi connectivity index (χ4v) is 3.66. The van der Waals surface area contributed by atoms with Crippen LogP contribution in [0.3, 0.4) is 0 Å². The van der Waals surface area contributed by atoms with Crippen molar-refractivity contribution in [3.8, 4) is 0 Å². The largest absolute Gasteiger partial charge is 0.375 e. The van der Waals surface area contributed by atoms with E-state index in [9.17, 15) is 4.79 Å². The molecule has 0 radical (unpaired) electrons. The van der Waals surface area contributed by atoms with Gasteiger partial charge in [-0.05, 0) is 19.1 Å². The highest BCUT2D eigenvalue weighted by Gasteiger charge is 2.21. The van der Waals surface area contributed by atoms with Crippen LogP contribution in [0.1, 0.15) is 20.2 Å². The number of halogens is 1. The van der Waals surface area contributed by atoms with Crippen molar-refractivity contribution < 1.29 is 4.79 Å². The molecule has 1 amide bonds. The Balaban J connectivity index is 2.21. The summed E-state index contributed by atoms with van der Waals surface area (Å²) in [5.74, 6) is -0.0823. The van der Waals surface area contributed by atoms with E-state index in [0.29, 0.717) is 33.1 Å². The number of hydrogen-bond donors (Lipinski definition) is 1. The Bertz CT molecular complexity index is 635. The molecular formula is C13H14ClN3OS2. The van der Waals surface area contributed by atoms with Crippen molar-refractivity contribution in [1.29, 1.82) is 0 Å². The third-order valence-electron chi connectivity index (χ3n) is 2.62. The number of nitrogen functional groups attached to an aromatic ring is 1. The van der Waals surface area contributed by atoms with Crippen LogP contribution in [0.5, 0.6) is 0 Å². The lowest BCUT2D eigenvalue weighted by molar-refractivity contribution is 0.0768. The fourth-order valence-electron chi connectivity index (χ4n) is 1.76. The lowest BCUT2D eigenvalue weighted by Gasteiger charge is -2.19. The second kappa shape index (κ2) is 6.39. The Labute approximate surface area is 130 Å². The molecule has 0 aliphatic carbocycles. The van der Waals surface area contributed by atoms with Gasteiger partial charge in [0.1, 0.15) is 4.88 Å². The number of aryl methyl sites for hydroxylation is 1. The van der Waals surface area contributed by atoms with Crippen LogP contribution in [0.15, 0.2) is 24.8 Å². The molecule has 0 saturated carbocycles. The Morgan fingerprint density at radius 2 is 2.30 bits per heavy atom. The highest BCUT2D eigenvalue weighted by atomic mass is 35.5. The molecule has 0 unspecified atom stereocenters. The van der Waals surface area contributed by atoms with Crippen LogP contribution in [0.25, 0.3) is 0 Å². The van der Waals surface area contributed by atoms with Crippen molar-refractivity contribution in [3.05, 3.63) is 44.6 Å². The van der Waals surface area contributed by atoms with Crippen molar-refractivity contribution in [3.63, 3.8) is 0 Å². The average Bonchev–Trinajstić information content (AvgIpc) is 2.94. The zero-order valence-corrected chi connectivity index (χ0v) is 13.3. The Morgan fingerprint density at radius 3 is 2.80 bits per heavy atom. The highest BCUT2D eigenvalue weighted by molar-refractivity contribution is 7.17. The van der Waals surface area contributed by atoms with E-state index in [4.69, 9.17) is 17.3 Å². The quantitative estimate of drug-likeness (QED) is 0.854. The molecule has 2 aromatic heterocycles. The first-order chi connectivity index (χ1) is 9.51. The zero-order valence-electron chi connectivity index (χ0n) is 10.9. The van der Waals surface area contributed by atoms with Crippen LogP contribution in [-0.2, 0) is 6.54 Å². The van der Waals surface area contributed by atoms with Gasteiger partial charge in [-0.1, -0.05) is 29.0 Å². The molecule has 7 heteroatoms. The topological polar surface area (TPSA) is 59.2 Å². The number of carbonyl (C=O) groups is 1. The molecule has 0 atom stereocenters. The minimum absolute atomic E-state index is 0.0823. The average molecular weight is 328 g/mol. The van der Waals surface area contributed by atoms with Crippen LogP contribution in [-0.4, -0.2) is 22.3 Å². The van der Waals surface area contributed by atoms with Crippen molar-refractivity contribution in [1.82, 2.24) is 9.88 Å². The van der Waals surface area contributed by atoms with Gasteiger partial charge < -0.3 is 10.6 Å². The summed E-state index contributed by atoms with van der Waals surface area (Å²) < 4.78 is 0.712. The molecule has 106 valence electrons. The van der Waals surface area contributed by atoms with E-state index in [1.54, 1.807) is 17.9 Å². The molecule has 0 saturated heterocycles. The summed E-state index contributed by atoms with van der Waals surface area (Å²) in [5.41, 5.74) is 6.31. The lowest BCUT2D eigenvalue weighted by Crippen LogP contribution is -2.30. The predicted octanol–water partition coefficient (Wildman–Crippen LogP) is 3.58. The molecule has 2 N–H and O–H groups in total. The zero-order chi connectivity index (χ0) is 14.7. The smallest absolute Gasteiger partial charge is 0.266 e. The lowest BCUT2D eigenvalue weighted by atomic mass is 10.3. The molecular weight excluding hydrogens is 314 g/mol. The van der Waals surface area contributed by atoms with E-state index in [0.717, 1.165) is 4.88 Å². The first-order valence-electron chi connectivity index (χ1n) is 5.88. The van der Waals surface area contributed by atoms with Gasteiger partial charge in [0.15, 0.2) is 5.13 Å². The molecule has 2 rings (SSSR count). The van der Waals surface area contributed by atoms with Crippen molar-refractivity contribution in [2.75, 3.05) is 12.3 Å². The molecule has 2 heterocycles. The maximum Gasteiger partial charge on any atom is 0.266 e. The number of carbonyl (C=O) groups excluding carboxylic acids is 1. The molecule has 0 aliphatic heterocycles. The minimum atomic E-state index is -0.0823. The number of thiophene rings is 1. The summed E-state index contributed by atoms with van der Waals surface area (Å²) in [5, 5.41) is 0.406. The molecule has 0 aliphatic rings. The summed E-state index contributed by atoms with van der Waals surface area (Å²) in [4.78, 5) is 19.9. The number of hydrogen-bond acceptors (Lipinski definition) is 5. The normalized spacial score (nSPS) is 10.5. The number of amides is 1. The van der Waals surface area contributed by atoms with Gasteiger partial charge in [0.05, 0.1) is 16.6 Å². The van der Waals surface area contributed by atoms with Gasteiger partial charge in [-0.3, -0.25) is 4.79 Å². The van der Waals surface area contributed by atoms with Crippen LogP contribution in [0.2, 0.25) is 4.34 Å². The molecule has 20 heavy (non-hydrogen) atoms. The first-order valence-corrected chi connectivity index (χ1v) is 7.89. The standard InChI is InChI=1S/C13H14ClN3OS2/c1-3-6-17(7-9-4-5-10(14)19-9)12(18)11-8(2)16-13(15)20-11/h3-5H,1,6-7H2,2H3,(H2,15,16). The highest BCUT2D eigenvalue weighted by Crippen LogP contribution is 2.25. The molecule has 0 spiro atoms. The van der Waals surface area contributed by atoms with E-state index >= 15 is 0 Å². The van der Waals surface area contributed by atoms with Crippen molar-refractivity contribution in [2.45, 2.75) is 13.5 Å². The minimum Gasteiger partial charge on any atom is -0.375 e. The van der Waals surface area contributed by atoms with Crippen LogP contribution < -0.4 is 5.73 Å². The van der Waals surface area contributed by atoms with Gasteiger partial charge in [0, 0.05) is 11.4 Å². The van der Waals surface area contributed by atoms with E-state index < -0.39 is 0 Å². The number of anilines is 1. The maximum atomic E-state index is 12.5. The van der Waals surface area contributed by atoms with Gasteiger partial charge in [-0.25, -0.2) is 4.98 Å². The summed E-state index contributed by atoms with van der Waals surface area (Å²) in [7, 11) is 0. The monoisotopic (exact) mass is 327 g/mol. The van der Waals surface area contributed by atoms with Gasteiger partial charge in [0.25, 0.3) is 5.91 Å². The van der Waals surface area contributed by atoms with Crippen LogP contribution >= 0.6 is 34.3 Å². The first kappa shape index (κ1) is 15.0.